The van der Waals surface area contributed by atoms with Crippen molar-refractivity contribution in [1.29, 1.82) is 0 Å². The summed E-state index contributed by atoms with van der Waals surface area (Å²) in [5, 5.41) is 0.437. The van der Waals surface area contributed by atoms with Crippen LogP contribution in [0.4, 0.5) is 13.2 Å². The van der Waals surface area contributed by atoms with E-state index < -0.39 is 11.1 Å². The second-order valence-corrected chi connectivity index (χ2v) is 2.98. The fraction of sp³-hybridized carbons (Fsp3) is 0.400. The summed E-state index contributed by atoms with van der Waals surface area (Å²) in [6, 6.07) is 0. The predicted octanol–water partition coefficient (Wildman–Crippen LogP) is 2.47. The zero-order valence-corrected chi connectivity index (χ0v) is 5.88. The van der Waals surface area contributed by atoms with Crippen LogP contribution in [0.25, 0.3) is 0 Å². The number of aromatic nitrogens is 1. The summed E-state index contributed by atoms with van der Waals surface area (Å²) in [6.45, 7) is 1.54. The fourth-order valence-corrected chi connectivity index (χ4v) is 1.14. The van der Waals surface area contributed by atoms with Crippen molar-refractivity contribution in [3.8, 4) is 0 Å². The third-order valence-corrected chi connectivity index (χ3v) is 1.86. The first-order valence-corrected chi connectivity index (χ1v) is 3.31. The first-order chi connectivity index (χ1) is 4.50. The number of thiazole rings is 1. The lowest BCUT2D eigenvalue weighted by Gasteiger charge is -1.98. The molecule has 0 saturated carbocycles. The van der Waals surface area contributed by atoms with Gasteiger partial charge >= 0.3 is 6.18 Å². The van der Waals surface area contributed by atoms with Gasteiger partial charge in [0.15, 0.2) is 0 Å². The Balaban J connectivity index is 2.96. The van der Waals surface area contributed by atoms with Gasteiger partial charge in [0.1, 0.15) is 4.88 Å². The number of halogens is 3. The van der Waals surface area contributed by atoms with E-state index in [2.05, 4.69) is 4.98 Å². The highest BCUT2D eigenvalue weighted by atomic mass is 32.1. The van der Waals surface area contributed by atoms with E-state index in [9.17, 15) is 13.2 Å². The van der Waals surface area contributed by atoms with Crippen LogP contribution in [-0.4, -0.2) is 4.98 Å². The summed E-state index contributed by atoms with van der Waals surface area (Å²) in [7, 11) is 0. The molecule has 0 aromatic carbocycles. The van der Waals surface area contributed by atoms with E-state index in [1.54, 1.807) is 6.92 Å². The highest BCUT2D eigenvalue weighted by Gasteiger charge is 2.32. The van der Waals surface area contributed by atoms with Gasteiger partial charge < -0.3 is 0 Å². The summed E-state index contributed by atoms with van der Waals surface area (Å²) in [5.74, 6) is 0. The summed E-state index contributed by atoms with van der Waals surface area (Å²) < 4.78 is 35.3. The number of nitrogens with zero attached hydrogens (tertiary/aromatic N) is 1. The predicted molar refractivity (Wildman–Crippen MR) is 31.9 cm³/mol. The van der Waals surface area contributed by atoms with Gasteiger partial charge in [0, 0.05) is 0 Å². The largest absolute Gasteiger partial charge is 0.427 e. The maximum Gasteiger partial charge on any atom is 0.427 e. The zero-order valence-electron chi connectivity index (χ0n) is 5.07. The minimum Gasteiger partial charge on any atom is -0.249 e. The van der Waals surface area contributed by atoms with E-state index in [1.165, 1.54) is 0 Å². The summed E-state index contributed by atoms with van der Waals surface area (Å²) in [6.07, 6.45) is -3.38. The van der Waals surface area contributed by atoms with Crippen LogP contribution in [0.5, 0.6) is 0 Å². The maximum absolute atomic E-state index is 11.8. The smallest absolute Gasteiger partial charge is 0.249 e. The molecule has 0 radical (unpaired) electrons. The maximum atomic E-state index is 11.8. The molecule has 0 amide bonds. The molecule has 0 spiro atoms. The van der Waals surface area contributed by atoms with E-state index in [1.807, 2.05) is 0 Å². The van der Waals surface area contributed by atoms with Crippen LogP contribution in [0, 0.1) is 6.92 Å². The van der Waals surface area contributed by atoms with Crippen LogP contribution in [0.15, 0.2) is 6.20 Å². The Morgan fingerprint density at radius 2 is 2.10 bits per heavy atom. The minimum absolute atomic E-state index is 0.437. The van der Waals surface area contributed by atoms with Gasteiger partial charge in [0.25, 0.3) is 0 Å². The highest BCUT2D eigenvalue weighted by molar-refractivity contribution is 7.11. The molecule has 1 nitrogen and oxygen atoms in total. The van der Waals surface area contributed by atoms with Crippen LogP contribution in [0.3, 0.4) is 0 Å². The van der Waals surface area contributed by atoms with E-state index in [0.717, 1.165) is 6.20 Å². The third-order valence-electron chi connectivity index (χ3n) is 0.901. The van der Waals surface area contributed by atoms with Crippen LogP contribution < -0.4 is 0 Å². The van der Waals surface area contributed by atoms with Crippen molar-refractivity contribution in [1.82, 2.24) is 4.98 Å². The normalized spacial score (nSPS) is 12.0. The molecule has 0 unspecified atom stereocenters. The number of aryl methyl sites for hydroxylation is 1. The summed E-state index contributed by atoms with van der Waals surface area (Å²) in [4.78, 5) is 2.85. The molecule has 0 fully saturated rings. The minimum atomic E-state index is -4.23. The van der Waals surface area contributed by atoms with Gasteiger partial charge in [-0.3, -0.25) is 0 Å². The third kappa shape index (κ3) is 1.47. The highest BCUT2D eigenvalue weighted by Crippen LogP contribution is 2.32. The molecule has 0 bridgehead atoms. The molecule has 10 heavy (non-hydrogen) atoms. The van der Waals surface area contributed by atoms with Crippen LogP contribution in [0.1, 0.15) is 9.88 Å². The quantitative estimate of drug-likeness (QED) is 0.578. The zero-order chi connectivity index (χ0) is 7.78. The lowest BCUT2D eigenvalue weighted by molar-refractivity contribution is -0.134. The summed E-state index contributed by atoms with van der Waals surface area (Å²) in [5.41, 5.74) is 0. The van der Waals surface area contributed by atoms with Crippen LogP contribution >= 0.6 is 11.3 Å². The second kappa shape index (κ2) is 2.23. The average molecular weight is 167 g/mol. The Morgan fingerprint density at radius 1 is 1.50 bits per heavy atom. The molecule has 56 valence electrons. The molecule has 0 aliphatic heterocycles. The van der Waals surface area contributed by atoms with Gasteiger partial charge in [-0.05, 0) is 6.92 Å². The van der Waals surface area contributed by atoms with Crippen molar-refractivity contribution in [2.24, 2.45) is 0 Å². The summed E-state index contributed by atoms with van der Waals surface area (Å²) >= 11 is 0.659. The first-order valence-electron chi connectivity index (χ1n) is 2.50. The van der Waals surface area contributed by atoms with E-state index >= 15 is 0 Å². The average Bonchev–Trinajstić information content (AvgIpc) is 2.11. The van der Waals surface area contributed by atoms with Crippen molar-refractivity contribution in [3.05, 3.63) is 16.1 Å². The number of rotatable bonds is 0. The number of alkyl halides is 3. The molecule has 5 heteroatoms. The lowest BCUT2D eigenvalue weighted by Crippen LogP contribution is -2.00. The number of hydrogen-bond donors (Lipinski definition) is 0. The Hall–Kier alpha value is -0.580. The van der Waals surface area contributed by atoms with Gasteiger partial charge in [-0.2, -0.15) is 13.2 Å². The van der Waals surface area contributed by atoms with E-state index in [0.29, 0.717) is 16.3 Å². The standard InChI is InChI=1S/C5H4F3NS/c1-3-9-2-4(10-3)5(6,7)8/h2H,1H3. The molecule has 0 N–H and O–H groups in total. The van der Waals surface area contributed by atoms with E-state index in [-0.39, 0.29) is 0 Å². The Bertz CT molecular complexity index is 227. The van der Waals surface area contributed by atoms with Gasteiger partial charge in [-0.15, -0.1) is 11.3 Å². The lowest BCUT2D eigenvalue weighted by atomic mass is 10.5. The van der Waals surface area contributed by atoms with Crippen molar-refractivity contribution >= 4 is 11.3 Å². The van der Waals surface area contributed by atoms with Crippen molar-refractivity contribution < 1.29 is 13.2 Å². The van der Waals surface area contributed by atoms with Crippen LogP contribution in [-0.2, 0) is 6.18 Å². The van der Waals surface area contributed by atoms with Gasteiger partial charge in [0.05, 0.1) is 11.2 Å². The van der Waals surface area contributed by atoms with Crippen molar-refractivity contribution in [2.45, 2.75) is 13.1 Å². The molecular formula is C5H4F3NS. The Labute approximate surface area is 59.5 Å². The molecule has 1 aromatic heterocycles. The fourth-order valence-electron chi connectivity index (χ4n) is 0.492. The van der Waals surface area contributed by atoms with Crippen molar-refractivity contribution in [2.75, 3.05) is 0 Å². The SMILES string of the molecule is Cc1ncc(C(F)(F)F)s1. The Kier molecular flexibility index (Phi) is 1.68. The van der Waals surface area contributed by atoms with Gasteiger partial charge in [-0.25, -0.2) is 4.98 Å². The molecule has 0 aliphatic carbocycles. The van der Waals surface area contributed by atoms with Gasteiger partial charge in [-0.1, -0.05) is 0 Å². The molecule has 1 rings (SSSR count). The van der Waals surface area contributed by atoms with Crippen LogP contribution in [0.2, 0.25) is 0 Å². The first kappa shape index (κ1) is 7.53. The molecular weight excluding hydrogens is 163 g/mol. The molecule has 0 aliphatic rings. The topological polar surface area (TPSA) is 12.9 Å². The Morgan fingerprint density at radius 3 is 2.30 bits per heavy atom. The van der Waals surface area contributed by atoms with Gasteiger partial charge in [0.2, 0.25) is 0 Å². The second-order valence-electron chi connectivity index (χ2n) is 1.74. The number of hydrogen-bond acceptors (Lipinski definition) is 2. The monoisotopic (exact) mass is 167 g/mol. The van der Waals surface area contributed by atoms with Crippen molar-refractivity contribution in [3.63, 3.8) is 0 Å². The molecule has 1 heterocycles. The molecule has 0 atom stereocenters. The van der Waals surface area contributed by atoms with E-state index in [4.69, 9.17) is 0 Å². The molecule has 1 aromatic rings. The molecule has 0 saturated heterocycles.